The number of hydrogen-bond acceptors (Lipinski definition) is 2. The molecule has 0 radical (unpaired) electrons. The third-order valence-electron chi connectivity index (χ3n) is 3.09. The molecule has 16 heavy (non-hydrogen) atoms. The predicted octanol–water partition coefficient (Wildman–Crippen LogP) is 2.86. The summed E-state index contributed by atoms with van der Waals surface area (Å²) in [6.45, 7) is 2.95. The fourth-order valence-electron chi connectivity index (χ4n) is 2.21. The predicted molar refractivity (Wildman–Crippen MR) is 68.2 cm³/mol. The molecule has 0 saturated carbocycles. The number of carbonyl (C=O) groups is 1. The van der Waals surface area contributed by atoms with Crippen molar-refractivity contribution >= 4 is 22.2 Å². The Kier molecular flexibility index (Phi) is 4.13. The normalized spacial score (nSPS) is 21.9. The van der Waals surface area contributed by atoms with Gasteiger partial charge in [0.25, 0.3) is 0 Å². The number of nitrogens with zero attached hydrogens (tertiary/aromatic N) is 1. The minimum absolute atomic E-state index is 0.233. The standard InChI is InChI=1S/C13H16BrNO/c14-13-6-2-1-5-12(13)9-15-7-3-4-11(8-15)10-16/h1-2,5-6,10-11H,3-4,7-9H2. The number of carbonyl (C=O) groups excluding carboxylic acids is 1. The molecule has 0 amide bonds. The molecular formula is C13H16BrNO. The molecule has 1 heterocycles. The Morgan fingerprint density at radius 1 is 1.44 bits per heavy atom. The number of piperidine rings is 1. The first-order valence-corrected chi connectivity index (χ1v) is 6.50. The highest BCUT2D eigenvalue weighted by Crippen LogP contribution is 2.21. The minimum atomic E-state index is 0.233. The summed E-state index contributed by atoms with van der Waals surface area (Å²) in [6, 6.07) is 8.28. The van der Waals surface area contributed by atoms with Crippen molar-refractivity contribution in [2.24, 2.45) is 5.92 Å². The van der Waals surface area contributed by atoms with Crippen molar-refractivity contribution < 1.29 is 4.79 Å². The smallest absolute Gasteiger partial charge is 0.124 e. The van der Waals surface area contributed by atoms with Crippen LogP contribution in [-0.4, -0.2) is 24.3 Å². The highest BCUT2D eigenvalue weighted by atomic mass is 79.9. The number of aldehydes is 1. The molecule has 1 fully saturated rings. The van der Waals surface area contributed by atoms with Crippen molar-refractivity contribution in [3.8, 4) is 0 Å². The van der Waals surface area contributed by atoms with Gasteiger partial charge in [-0.25, -0.2) is 0 Å². The van der Waals surface area contributed by atoms with Gasteiger partial charge in [-0.15, -0.1) is 0 Å². The van der Waals surface area contributed by atoms with Crippen molar-refractivity contribution in [3.05, 3.63) is 34.3 Å². The number of benzene rings is 1. The lowest BCUT2D eigenvalue weighted by Gasteiger charge is -2.30. The molecule has 1 saturated heterocycles. The van der Waals surface area contributed by atoms with Gasteiger partial charge in [0, 0.05) is 23.5 Å². The number of likely N-dealkylation sites (tertiary alicyclic amines) is 1. The van der Waals surface area contributed by atoms with E-state index in [0.29, 0.717) is 0 Å². The molecule has 1 atom stereocenters. The minimum Gasteiger partial charge on any atom is -0.303 e. The largest absolute Gasteiger partial charge is 0.303 e. The van der Waals surface area contributed by atoms with Gasteiger partial charge in [0.1, 0.15) is 6.29 Å². The van der Waals surface area contributed by atoms with Gasteiger partial charge < -0.3 is 4.79 Å². The van der Waals surface area contributed by atoms with Gasteiger partial charge in [-0.3, -0.25) is 4.90 Å². The van der Waals surface area contributed by atoms with Crippen LogP contribution in [0.15, 0.2) is 28.7 Å². The Bertz CT molecular complexity index is 367. The zero-order valence-corrected chi connectivity index (χ0v) is 10.8. The Morgan fingerprint density at radius 3 is 3.00 bits per heavy atom. The van der Waals surface area contributed by atoms with Crippen LogP contribution in [0.2, 0.25) is 0 Å². The molecule has 1 aliphatic heterocycles. The number of rotatable bonds is 3. The van der Waals surface area contributed by atoms with Gasteiger partial charge in [0.2, 0.25) is 0 Å². The molecular weight excluding hydrogens is 266 g/mol. The first-order valence-electron chi connectivity index (χ1n) is 5.70. The van der Waals surface area contributed by atoms with Gasteiger partial charge in [-0.05, 0) is 31.0 Å². The average Bonchev–Trinajstić information content (AvgIpc) is 2.32. The maximum atomic E-state index is 10.8. The van der Waals surface area contributed by atoms with Crippen molar-refractivity contribution in [2.45, 2.75) is 19.4 Å². The summed E-state index contributed by atoms with van der Waals surface area (Å²) in [4.78, 5) is 13.2. The maximum Gasteiger partial charge on any atom is 0.124 e. The fourth-order valence-corrected chi connectivity index (χ4v) is 2.62. The van der Waals surface area contributed by atoms with E-state index in [4.69, 9.17) is 0 Å². The number of halogens is 1. The Morgan fingerprint density at radius 2 is 2.25 bits per heavy atom. The van der Waals surface area contributed by atoms with E-state index in [1.807, 2.05) is 6.07 Å². The molecule has 1 aromatic carbocycles. The van der Waals surface area contributed by atoms with Crippen LogP contribution in [0, 0.1) is 5.92 Å². The molecule has 0 N–H and O–H groups in total. The first kappa shape index (κ1) is 11.8. The second kappa shape index (κ2) is 5.60. The van der Waals surface area contributed by atoms with E-state index < -0.39 is 0 Å². The van der Waals surface area contributed by atoms with E-state index in [0.717, 1.165) is 43.2 Å². The van der Waals surface area contributed by atoms with Crippen LogP contribution in [0.5, 0.6) is 0 Å². The Hall–Kier alpha value is -0.670. The summed E-state index contributed by atoms with van der Waals surface area (Å²) in [6.07, 6.45) is 3.29. The summed E-state index contributed by atoms with van der Waals surface area (Å²) in [5.41, 5.74) is 1.30. The molecule has 0 aromatic heterocycles. The molecule has 2 rings (SSSR count). The molecule has 1 aromatic rings. The molecule has 0 bridgehead atoms. The van der Waals surface area contributed by atoms with Crippen molar-refractivity contribution in [1.29, 1.82) is 0 Å². The van der Waals surface area contributed by atoms with Crippen LogP contribution in [0.4, 0.5) is 0 Å². The van der Waals surface area contributed by atoms with Crippen LogP contribution in [0.25, 0.3) is 0 Å². The first-order chi connectivity index (χ1) is 7.79. The average molecular weight is 282 g/mol. The van der Waals surface area contributed by atoms with Gasteiger partial charge >= 0.3 is 0 Å². The Balaban J connectivity index is 1.99. The van der Waals surface area contributed by atoms with Crippen LogP contribution >= 0.6 is 15.9 Å². The summed E-state index contributed by atoms with van der Waals surface area (Å²) in [5.74, 6) is 0.233. The van der Waals surface area contributed by atoms with Crippen LogP contribution in [-0.2, 0) is 11.3 Å². The molecule has 3 heteroatoms. The Labute approximate surface area is 105 Å². The third kappa shape index (κ3) is 2.92. The van der Waals surface area contributed by atoms with Crippen molar-refractivity contribution in [3.63, 3.8) is 0 Å². The van der Waals surface area contributed by atoms with Crippen LogP contribution in [0.1, 0.15) is 18.4 Å². The zero-order valence-electron chi connectivity index (χ0n) is 9.23. The van der Waals surface area contributed by atoms with E-state index >= 15 is 0 Å². The zero-order chi connectivity index (χ0) is 11.4. The van der Waals surface area contributed by atoms with Gasteiger partial charge in [0.05, 0.1) is 0 Å². The lowest BCUT2D eigenvalue weighted by molar-refractivity contribution is -0.112. The molecule has 0 spiro atoms. The van der Waals surface area contributed by atoms with Crippen molar-refractivity contribution in [1.82, 2.24) is 4.90 Å². The molecule has 1 unspecified atom stereocenters. The summed E-state index contributed by atoms with van der Waals surface area (Å²) in [5, 5.41) is 0. The third-order valence-corrected chi connectivity index (χ3v) is 3.86. The van der Waals surface area contributed by atoms with Crippen molar-refractivity contribution in [2.75, 3.05) is 13.1 Å². The SMILES string of the molecule is O=CC1CCCN(Cc2ccccc2Br)C1. The molecule has 86 valence electrons. The van der Waals surface area contributed by atoms with Gasteiger partial charge in [-0.1, -0.05) is 34.1 Å². The number of hydrogen-bond donors (Lipinski definition) is 0. The second-order valence-electron chi connectivity index (χ2n) is 4.36. The second-order valence-corrected chi connectivity index (χ2v) is 5.22. The lowest BCUT2D eigenvalue weighted by Crippen LogP contribution is -2.35. The molecule has 2 nitrogen and oxygen atoms in total. The van der Waals surface area contributed by atoms with E-state index in [1.54, 1.807) is 0 Å². The van der Waals surface area contributed by atoms with Gasteiger partial charge in [-0.2, -0.15) is 0 Å². The molecule has 0 aliphatic carbocycles. The molecule has 1 aliphatic rings. The summed E-state index contributed by atoms with van der Waals surface area (Å²) < 4.78 is 1.16. The highest BCUT2D eigenvalue weighted by molar-refractivity contribution is 9.10. The topological polar surface area (TPSA) is 20.3 Å². The van der Waals surface area contributed by atoms with Crippen LogP contribution in [0.3, 0.4) is 0 Å². The van der Waals surface area contributed by atoms with Gasteiger partial charge in [0.15, 0.2) is 0 Å². The fraction of sp³-hybridized carbons (Fsp3) is 0.462. The van der Waals surface area contributed by atoms with Crippen LogP contribution < -0.4 is 0 Å². The van der Waals surface area contributed by atoms with E-state index in [-0.39, 0.29) is 5.92 Å². The van der Waals surface area contributed by atoms with E-state index in [1.165, 1.54) is 5.56 Å². The van der Waals surface area contributed by atoms with E-state index in [9.17, 15) is 4.79 Å². The summed E-state index contributed by atoms with van der Waals surface area (Å²) in [7, 11) is 0. The quantitative estimate of drug-likeness (QED) is 0.795. The summed E-state index contributed by atoms with van der Waals surface area (Å²) >= 11 is 3.56. The lowest BCUT2D eigenvalue weighted by atomic mass is 9.99. The maximum absolute atomic E-state index is 10.8. The monoisotopic (exact) mass is 281 g/mol. The highest BCUT2D eigenvalue weighted by Gasteiger charge is 2.19. The van der Waals surface area contributed by atoms with E-state index in [2.05, 4.69) is 39.0 Å².